The molecule has 0 aliphatic carbocycles. The van der Waals surface area contributed by atoms with E-state index in [0.717, 1.165) is 11.1 Å². The molecule has 0 bridgehead atoms. The molecule has 1 spiro atoms. The van der Waals surface area contributed by atoms with E-state index in [4.69, 9.17) is 10.5 Å². The predicted molar refractivity (Wildman–Crippen MR) is 194 cm³/mol. The number of ether oxygens (including phenoxy) is 1. The molecule has 50 heavy (non-hydrogen) atoms. The second kappa shape index (κ2) is 14.2. The fourth-order valence-electron chi connectivity index (χ4n) is 7.64. The Morgan fingerprint density at radius 2 is 1.66 bits per heavy atom. The topological polar surface area (TPSA) is 125 Å². The highest BCUT2D eigenvalue weighted by Gasteiger charge is 2.67. The van der Waals surface area contributed by atoms with Crippen LogP contribution in [0.4, 0.5) is 21.2 Å². The van der Waals surface area contributed by atoms with Gasteiger partial charge in [-0.25, -0.2) is 0 Å². The van der Waals surface area contributed by atoms with Gasteiger partial charge in [0.15, 0.2) is 5.60 Å². The molecule has 4 aromatic rings. The van der Waals surface area contributed by atoms with Crippen LogP contribution in [0.25, 0.3) is 0 Å². The van der Waals surface area contributed by atoms with E-state index in [1.54, 1.807) is 53.2 Å². The minimum Gasteiger partial charge on any atom is -0.399 e. The molecular weight excluding hydrogens is 652 g/mol. The Balaban J connectivity index is 1.27. The number of fused-ring (bicyclic) bond motifs is 2. The zero-order valence-electron chi connectivity index (χ0n) is 28.5. The van der Waals surface area contributed by atoms with Crippen LogP contribution in [0, 0.1) is 5.92 Å². The highest BCUT2D eigenvalue weighted by molar-refractivity contribution is 6.72. The van der Waals surface area contributed by atoms with E-state index in [2.05, 4.69) is 5.32 Å². The van der Waals surface area contributed by atoms with Crippen LogP contribution in [0.1, 0.15) is 40.4 Å². The van der Waals surface area contributed by atoms with E-state index in [-0.39, 0.29) is 43.8 Å². The molecule has 0 saturated carbocycles. The molecule has 6 rings (SSSR count). The number of halogens is 1. The van der Waals surface area contributed by atoms with Crippen LogP contribution in [0.3, 0.4) is 0 Å². The number of carbonyl (C=O) groups is 3. The number of nitrogens with zero attached hydrogens (tertiary/aromatic N) is 2. The number of carbonyl (C=O) groups excluding carboxylic acids is 3. The lowest BCUT2D eigenvalue weighted by Gasteiger charge is -2.31. The number of rotatable bonds is 11. The summed E-state index contributed by atoms with van der Waals surface area (Å²) in [7, 11) is -3.50. The molecule has 4 atom stereocenters. The number of aliphatic hydroxyl groups is 1. The zero-order valence-corrected chi connectivity index (χ0v) is 29.5. The van der Waals surface area contributed by atoms with E-state index in [9.17, 15) is 19.5 Å². The van der Waals surface area contributed by atoms with E-state index in [1.807, 2.05) is 79.7 Å². The van der Waals surface area contributed by atoms with Crippen LogP contribution in [-0.4, -0.2) is 55.4 Å². The van der Waals surface area contributed by atoms with E-state index in [1.165, 1.54) is 0 Å². The van der Waals surface area contributed by atoms with Gasteiger partial charge in [-0.1, -0.05) is 67.6 Å². The summed E-state index contributed by atoms with van der Waals surface area (Å²) < 4.78 is 23.1. The smallest absolute Gasteiger partial charge is 0.264 e. The largest absolute Gasteiger partial charge is 0.399 e. The molecule has 4 N–H and O–H groups in total. The van der Waals surface area contributed by atoms with Gasteiger partial charge in [-0.2, -0.15) is 0 Å². The van der Waals surface area contributed by atoms with Gasteiger partial charge >= 0.3 is 0 Å². The predicted octanol–water partition coefficient (Wildman–Crippen LogP) is 6.25. The SMILES string of the molecule is C[C@H]1[C@H]([Si](C)(C)F)[C@@H](CC(=O)N(CCO)Cc2ccccc2)O[C@]12C(=O)N(Cc1cccc(NC(=O)c3ccc(N)cc3)c1)c1ccccc12. The highest BCUT2D eigenvalue weighted by Crippen LogP contribution is 2.60. The number of hydrogen-bond acceptors (Lipinski definition) is 6. The van der Waals surface area contributed by atoms with Crippen molar-refractivity contribution in [2.45, 2.75) is 56.8 Å². The van der Waals surface area contributed by atoms with Gasteiger partial charge in [0.05, 0.1) is 31.4 Å². The van der Waals surface area contributed by atoms with Crippen LogP contribution < -0.4 is 16.0 Å². The number of benzene rings is 4. The number of aliphatic hydroxyl groups excluding tert-OH is 1. The van der Waals surface area contributed by atoms with Crippen molar-refractivity contribution in [3.05, 3.63) is 125 Å². The average molecular weight is 695 g/mol. The number of anilines is 3. The Labute approximate surface area is 293 Å². The van der Waals surface area contributed by atoms with Crippen LogP contribution in [0.2, 0.25) is 18.6 Å². The zero-order chi connectivity index (χ0) is 35.6. The lowest BCUT2D eigenvalue weighted by atomic mass is 9.82. The van der Waals surface area contributed by atoms with Crippen molar-refractivity contribution in [2.24, 2.45) is 5.92 Å². The summed E-state index contributed by atoms with van der Waals surface area (Å²) in [6.07, 6.45) is -0.959. The summed E-state index contributed by atoms with van der Waals surface area (Å²) in [6.45, 7) is 5.47. The van der Waals surface area contributed by atoms with E-state index >= 15 is 4.11 Å². The lowest BCUT2D eigenvalue weighted by Crippen LogP contribution is -2.45. The summed E-state index contributed by atoms with van der Waals surface area (Å²) in [5.41, 5.74) is 8.22. The van der Waals surface area contributed by atoms with Crippen LogP contribution >= 0.6 is 0 Å². The molecule has 4 aromatic carbocycles. The number of amides is 3. The second-order valence-corrected chi connectivity index (χ2v) is 17.5. The third-order valence-corrected chi connectivity index (χ3v) is 12.3. The van der Waals surface area contributed by atoms with Gasteiger partial charge in [0.2, 0.25) is 14.3 Å². The maximum atomic E-state index is 16.3. The Morgan fingerprint density at radius 1 is 0.980 bits per heavy atom. The summed E-state index contributed by atoms with van der Waals surface area (Å²) in [6, 6.07) is 30.8. The third-order valence-electron chi connectivity index (χ3n) is 9.88. The summed E-state index contributed by atoms with van der Waals surface area (Å²) in [4.78, 5) is 44.7. The van der Waals surface area contributed by atoms with Crippen molar-refractivity contribution < 1.29 is 28.3 Å². The van der Waals surface area contributed by atoms with Crippen molar-refractivity contribution in [3.63, 3.8) is 0 Å². The lowest BCUT2D eigenvalue weighted by molar-refractivity contribution is -0.150. The van der Waals surface area contributed by atoms with Crippen LogP contribution in [-0.2, 0) is 33.0 Å². The monoisotopic (exact) mass is 694 g/mol. The van der Waals surface area contributed by atoms with Gasteiger partial charge in [-0.05, 0) is 66.7 Å². The first-order valence-corrected chi connectivity index (χ1v) is 19.8. The Bertz CT molecular complexity index is 1870. The third kappa shape index (κ3) is 6.81. The minimum absolute atomic E-state index is 0.116. The fourth-order valence-corrected chi connectivity index (χ4v) is 10.1. The minimum atomic E-state index is -3.50. The van der Waals surface area contributed by atoms with Crippen molar-refractivity contribution in [2.75, 3.05) is 29.1 Å². The molecule has 0 radical (unpaired) electrons. The van der Waals surface area contributed by atoms with Gasteiger partial charge < -0.3 is 34.8 Å². The van der Waals surface area contributed by atoms with Crippen molar-refractivity contribution in [1.29, 1.82) is 0 Å². The first-order chi connectivity index (χ1) is 23.9. The highest BCUT2D eigenvalue weighted by atomic mass is 28.4. The number of nitrogens with one attached hydrogen (secondary N) is 1. The molecule has 0 unspecified atom stereocenters. The fraction of sp³-hybridized carbons (Fsp3) is 0.308. The molecule has 1 saturated heterocycles. The molecule has 3 amide bonds. The summed E-state index contributed by atoms with van der Waals surface area (Å²) >= 11 is 0. The van der Waals surface area contributed by atoms with E-state index in [0.29, 0.717) is 34.7 Å². The van der Waals surface area contributed by atoms with Gasteiger partial charge in [-0.15, -0.1) is 0 Å². The quantitative estimate of drug-likeness (QED) is 0.0969. The van der Waals surface area contributed by atoms with Gasteiger partial charge in [0.25, 0.3) is 11.8 Å². The number of nitrogen functional groups attached to an aromatic ring is 1. The number of nitrogens with two attached hydrogens (primary N) is 1. The number of para-hydroxylation sites is 1. The first kappa shape index (κ1) is 35.0. The Hall–Kier alpha value is -4.84. The molecular formula is C39H43FN4O5Si. The second-order valence-electron chi connectivity index (χ2n) is 13.7. The molecule has 1 fully saturated rings. The van der Waals surface area contributed by atoms with Crippen molar-refractivity contribution in [1.82, 2.24) is 4.90 Å². The molecule has 2 aliphatic rings. The maximum Gasteiger partial charge on any atom is 0.264 e. The Morgan fingerprint density at radius 3 is 2.36 bits per heavy atom. The number of hydrogen-bond donors (Lipinski definition) is 3. The van der Waals surface area contributed by atoms with Crippen LogP contribution in [0.5, 0.6) is 0 Å². The molecule has 0 aromatic heterocycles. The van der Waals surface area contributed by atoms with Gasteiger partial charge in [0, 0.05) is 47.1 Å². The van der Waals surface area contributed by atoms with Crippen molar-refractivity contribution >= 4 is 43.2 Å². The molecule has 9 nitrogen and oxygen atoms in total. The standard InChI is InChI=1S/C39H43FN4O5Si/c1-26-36(50(2,3)40)34(23-35(46)43(20-21-45)24-27-10-5-4-6-11-27)49-39(26)32-14-7-8-15-33(32)44(38(39)48)25-28-12-9-13-31(22-28)42-37(47)29-16-18-30(41)19-17-29/h4-19,22,26,34,36,45H,20-21,23-25,41H2,1-3H3,(H,42,47)/t26-,34+,36-,39+/m0/s1. The molecule has 260 valence electrons. The molecule has 11 heteroatoms. The average Bonchev–Trinajstić information content (AvgIpc) is 3.51. The van der Waals surface area contributed by atoms with E-state index < -0.39 is 31.6 Å². The molecule has 2 aliphatic heterocycles. The van der Waals surface area contributed by atoms with Gasteiger partial charge in [-0.3, -0.25) is 14.4 Å². The van der Waals surface area contributed by atoms with Crippen LogP contribution in [0.15, 0.2) is 103 Å². The Kier molecular flexibility index (Phi) is 9.93. The normalized spacial score (nSPS) is 21.3. The summed E-state index contributed by atoms with van der Waals surface area (Å²) in [5.74, 6) is -1.43. The summed E-state index contributed by atoms with van der Waals surface area (Å²) in [5, 5.41) is 12.7. The molecule has 2 heterocycles. The van der Waals surface area contributed by atoms with Crippen molar-refractivity contribution in [3.8, 4) is 0 Å². The van der Waals surface area contributed by atoms with Gasteiger partial charge in [0.1, 0.15) is 0 Å². The first-order valence-electron chi connectivity index (χ1n) is 16.9. The maximum absolute atomic E-state index is 16.3.